The van der Waals surface area contributed by atoms with Crippen molar-refractivity contribution < 1.29 is 80.8 Å². The summed E-state index contributed by atoms with van der Waals surface area (Å²) in [5.41, 5.74) is 0. The highest BCUT2D eigenvalue weighted by Crippen LogP contribution is 2.25. The van der Waals surface area contributed by atoms with Gasteiger partial charge < -0.3 is 44.7 Å². The number of hydrogen-bond acceptors (Lipinski definition) is 6. The molecule has 0 radical (unpaired) electrons. The van der Waals surface area contributed by atoms with Crippen LogP contribution in [0, 0.1) is 0 Å². The van der Waals surface area contributed by atoms with E-state index in [0.29, 0.717) is 0 Å². The van der Waals surface area contributed by atoms with E-state index in [-0.39, 0.29) is 12.4 Å². The molecule has 0 aromatic rings. The Kier molecular flexibility index (Phi) is 33.4. The Morgan fingerprint density at radius 3 is 0.826 bits per heavy atom. The number of phosphoric acid groups is 1. The SMILES string of the molecule is Cl.O=C(O)O.O=C(O)O.O=P(O)(O)O.O=S(=O)(O)O.O=[Si](O)O. The van der Waals surface area contributed by atoms with Gasteiger partial charge >= 0.3 is 39.7 Å². The van der Waals surface area contributed by atoms with Gasteiger partial charge in [-0.1, -0.05) is 0 Å². The maximum Gasteiger partial charge on any atom is 0.761 e. The second kappa shape index (κ2) is 20.4. The highest BCUT2D eigenvalue weighted by Gasteiger charge is 2.00. The molecular weight excluding hydrogens is 423 g/mol. The zero-order valence-corrected chi connectivity index (χ0v) is 13.7. The largest absolute Gasteiger partial charge is 0.761 e. The molecule has 0 aromatic carbocycles. The standard InChI is InChI=1S/2CH2O3.ClH.H3O4P.H2O4S.H2O3Si/c2*2-1(3)4;;2*1-5(2,3)4;1-4(2)3/h2*(H2,2,3,4);1H;(H3,1,2,3,4);(H2,1,2,3,4);1-2H. The monoisotopic (exact) mass is 434 g/mol. The van der Waals surface area contributed by atoms with E-state index in [1.807, 2.05) is 0 Å². The average molecular weight is 435 g/mol. The molecule has 0 amide bonds. The van der Waals surface area contributed by atoms with Gasteiger partial charge in [0.15, 0.2) is 0 Å². The van der Waals surface area contributed by atoms with Crippen molar-refractivity contribution >= 4 is 52.1 Å². The van der Waals surface area contributed by atoms with Gasteiger partial charge in [0, 0.05) is 0 Å². The lowest BCUT2D eigenvalue weighted by Crippen LogP contribution is -1.90. The summed E-state index contributed by atoms with van der Waals surface area (Å²) in [4.78, 5) is 53.0. The molecule has 144 valence electrons. The van der Waals surface area contributed by atoms with E-state index < -0.39 is 39.7 Å². The lowest BCUT2D eigenvalue weighted by molar-refractivity contribution is 0.135. The van der Waals surface area contributed by atoms with Crippen molar-refractivity contribution in [3.63, 3.8) is 0 Å². The molecule has 17 nitrogen and oxygen atoms in total. The van der Waals surface area contributed by atoms with Crippen molar-refractivity contribution in [2.75, 3.05) is 0 Å². The molecule has 0 heterocycles. The van der Waals surface area contributed by atoms with Crippen molar-refractivity contribution in [3.8, 4) is 0 Å². The summed E-state index contributed by atoms with van der Waals surface area (Å²) in [6, 6.07) is 0. The maximum atomic E-state index is 8.88. The summed E-state index contributed by atoms with van der Waals surface area (Å²) in [6.45, 7) is 0. The van der Waals surface area contributed by atoms with Crippen molar-refractivity contribution in [1.82, 2.24) is 0 Å². The Bertz CT molecular complexity index is 392. The fraction of sp³-hybridized carbons (Fsp3) is 0. The first-order valence-corrected chi connectivity index (χ1v) is 7.70. The van der Waals surface area contributed by atoms with Crippen molar-refractivity contribution in [3.05, 3.63) is 0 Å². The molecule has 0 bridgehead atoms. The number of hydrogen-bond donors (Lipinski definition) is 11. The molecule has 0 aliphatic rings. The molecule has 0 rings (SSSR count). The van der Waals surface area contributed by atoms with Gasteiger partial charge in [0.05, 0.1) is 0 Å². The van der Waals surface area contributed by atoms with Crippen LogP contribution in [0.3, 0.4) is 0 Å². The Hall–Kier alpha value is -1.57. The number of carbonyl (C=O) groups is 2. The highest BCUT2D eigenvalue weighted by molar-refractivity contribution is 7.79. The molecule has 23 heavy (non-hydrogen) atoms. The van der Waals surface area contributed by atoms with Gasteiger partial charge in [0.25, 0.3) is 0 Å². The Balaban J connectivity index is -0.0000000390. The zero-order valence-electron chi connectivity index (χ0n) is 10.1. The van der Waals surface area contributed by atoms with E-state index in [4.69, 9.17) is 80.8 Å². The van der Waals surface area contributed by atoms with Crippen LogP contribution >= 0.6 is 20.2 Å². The van der Waals surface area contributed by atoms with Crippen LogP contribution in [0.5, 0.6) is 0 Å². The third-order valence-electron chi connectivity index (χ3n) is 0. The quantitative estimate of drug-likeness (QED) is 0.108. The van der Waals surface area contributed by atoms with E-state index in [2.05, 4.69) is 0 Å². The van der Waals surface area contributed by atoms with Crippen LogP contribution in [-0.2, 0) is 19.4 Å². The first kappa shape index (κ1) is 37.6. The molecule has 0 aromatic heterocycles. The maximum absolute atomic E-state index is 8.88. The topological polar surface area (TPSA) is 325 Å². The van der Waals surface area contributed by atoms with Crippen LogP contribution in [0.4, 0.5) is 9.59 Å². The Morgan fingerprint density at radius 1 is 0.826 bits per heavy atom. The van der Waals surface area contributed by atoms with Gasteiger partial charge in [-0.05, 0) is 0 Å². The molecule has 0 aliphatic heterocycles. The van der Waals surface area contributed by atoms with Crippen molar-refractivity contribution in [1.29, 1.82) is 0 Å². The summed E-state index contributed by atoms with van der Waals surface area (Å²) in [7, 11) is -12.4. The molecule has 0 saturated carbocycles. The molecule has 11 N–H and O–H groups in total. The molecule has 0 spiro atoms. The molecule has 0 aliphatic carbocycles. The summed E-state index contributed by atoms with van der Waals surface area (Å²) in [5, 5.41) is 27.9. The predicted octanol–water partition coefficient (Wildman–Crippen LogP) is -2.33. The first-order chi connectivity index (χ1) is 9.20. The zero-order chi connectivity index (χ0) is 19.7. The van der Waals surface area contributed by atoms with Crippen LogP contribution in [0.2, 0.25) is 0 Å². The van der Waals surface area contributed by atoms with Gasteiger partial charge in [-0.3, -0.25) is 13.6 Å². The molecule has 0 saturated heterocycles. The van der Waals surface area contributed by atoms with E-state index in [9.17, 15) is 0 Å². The number of halogens is 1. The van der Waals surface area contributed by atoms with Crippen molar-refractivity contribution in [2.24, 2.45) is 0 Å². The highest BCUT2D eigenvalue weighted by atomic mass is 35.5. The molecular formula is C2H12ClO17PSSi. The Labute approximate surface area is 133 Å². The van der Waals surface area contributed by atoms with Gasteiger partial charge in [0.2, 0.25) is 0 Å². The number of rotatable bonds is 0. The third kappa shape index (κ3) is 2800. The van der Waals surface area contributed by atoms with E-state index in [0.717, 1.165) is 0 Å². The molecule has 0 fully saturated rings. The minimum absolute atomic E-state index is 0. The van der Waals surface area contributed by atoms with Gasteiger partial charge in [0.1, 0.15) is 0 Å². The normalized spacial score (nSPS) is 8.22. The molecule has 21 heteroatoms. The summed E-state index contributed by atoms with van der Waals surface area (Å²) in [5.74, 6) is 0. The minimum Gasteiger partial charge on any atom is -0.511 e. The first-order valence-electron chi connectivity index (χ1n) is 3.44. The lowest BCUT2D eigenvalue weighted by atomic mass is 11.5. The van der Waals surface area contributed by atoms with Gasteiger partial charge in [-0.15, -0.1) is 12.4 Å². The summed E-state index contributed by atoms with van der Waals surface area (Å²) < 4.78 is 49.2. The van der Waals surface area contributed by atoms with Crippen LogP contribution in [0.25, 0.3) is 0 Å². The second-order valence-electron chi connectivity index (χ2n) is 1.81. The van der Waals surface area contributed by atoms with Crippen LogP contribution < -0.4 is 0 Å². The fourth-order valence-corrected chi connectivity index (χ4v) is 0. The average Bonchev–Trinajstić information content (AvgIpc) is 1.88. The van der Waals surface area contributed by atoms with Crippen LogP contribution in [-0.4, -0.2) is 83.7 Å². The second-order valence-corrected chi connectivity index (χ2v) is 4.30. The van der Waals surface area contributed by atoms with Gasteiger partial charge in [-0.25, -0.2) is 14.2 Å². The van der Waals surface area contributed by atoms with Gasteiger partial charge in [-0.2, -0.15) is 8.42 Å². The molecule has 0 unspecified atom stereocenters. The Morgan fingerprint density at radius 2 is 0.826 bits per heavy atom. The minimum atomic E-state index is -4.67. The predicted molar refractivity (Wildman–Crippen MR) is 67.9 cm³/mol. The lowest BCUT2D eigenvalue weighted by Gasteiger charge is -1.82. The van der Waals surface area contributed by atoms with Crippen LogP contribution in [0.1, 0.15) is 0 Å². The number of carboxylic acid groups (broad SMARTS) is 4. The fourth-order valence-electron chi connectivity index (χ4n) is 0. The smallest absolute Gasteiger partial charge is 0.511 e. The van der Waals surface area contributed by atoms with E-state index in [1.165, 1.54) is 0 Å². The third-order valence-corrected chi connectivity index (χ3v) is 0. The summed E-state index contributed by atoms with van der Waals surface area (Å²) in [6.07, 6.45) is -3.67. The molecule has 0 atom stereocenters. The van der Waals surface area contributed by atoms with Crippen LogP contribution in [0.15, 0.2) is 0 Å². The van der Waals surface area contributed by atoms with E-state index in [1.54, 1.807) is 0 Å². The summed E-state index contributed by atoms with van der Waals surface area (Å²) >= 11 is 0. The van der Waals surface area contributed by atoms with E-state index >= 15 is 0 Å². The van der Waals surface area contributed by atoms with Crippen molar-refractivity contribution in [2.45, 2.75) is 0 Å².